The summed E-state index contributed by atoms with van der Waals surface area (Å²) in [5.41, 5.74) is 1.34. The molecule has 0 unspecified atom stereocenters. The van der Waals surface area contributed by atoms with Crippen molar-refractivity contribution in [2.45, 2.75) is 13.5 Å². The molecule has 5 aromatic rings. The van der Waals surface area contributed by atoms with Crippen LogP contribution in [0.5, 0.6) is 0 Å². The largest absolute Gasteiger partial charge is 0.378 e. The summed E-state index contributed by atoms with van der Waals surface area (Å²) < 4.78 is 10.7. The number of carbonyl (C=O) groups is 1. The van der Waals surface area contributed by atoms with E-state index in [4.69, 9.17) is 27.9 Å². The molecule has 4 heterocycles. The van der Waals surface area contributed by atoms with Gasteiger partial charge in [0.15, 0.2) is 0 Å². The highest BCUT2D eigenvalue weighted by atomic mass is 35.5. The fraction of sp³-hybridized carbons (Fsp3) is 0.231. The van der Waals surface area contributed by atoms with Crippen molar-refractivity contribution in [3.63, 3.8) is 0 Å². The molecule has 1 amide bonds. The Morgan fingerprint density at radius 3 is 2.59 bits per heavy atom. The molecule has 0 bridgehead atoms. The van der Waals surface area contributed by atoms with Gasteiger partial charge in [0.25, 0.3) is 11.1 Å². The van der Waals surface area contributed by atoms with E-state index in [1.807, 2.05) is 29.3 Å². The van der Waals surface area contributed by atoms with Gasteiger partial charge in [-0.15, -0.1) is 0 Å². The Hall–Kier alpha value is -3.64. The molecule has 6 rings (SSSR count). The number of halogens is 2. The Kier molecular flexibility index (Phi) is 6.67. The van der Waals surface area contributed by atoms with E-state index in [0.717, 1.165) is 10.2 Å². The Bertz CT molecular complexity index is 1840. The van der Waals surface area contributed by atoms with Crippen LogP contribution in [0.2, 0.25) is 10.0 Å². The zero-order valence-corrected chi connectivity index (χ0v) is 23.0. The summed E-state index contributed by atoms with van der Waals surface area (Å²) >= 11 is 13.4. The predicted molar refractivity (Wildman–Crippen MR) is 154 cm³/mol. The quantitative estimate of drug-likeness (QED) is 0.337. The third-order valence-corrected chi connectivity index (χ3v) is 8.31. The lowest BCUT2D eigenvalue weighted by molar-refractivity contribution is -0.116. The molecule has 1 N–H and O–H groups in total. The van der Waals surface area contributed by atoms with Crippen LogP contribution in [0.3, 0.4) is 0 Å². The molecule has 1 saturated heterocycles. The van der Waals surface area contributed by atoms with E-state index in [-0.39, 0.29) is 17.7 Å². The lowest BCUT2D eigenvalue weighted by Gasteiger charge is -2.31. The fourth-order valence-electron chi connectivity index (χ4n) is 4.81. The molecule has 0 radical (unpaired) electrons. The van der Waals surface area contributed by atoms with Gasteiger partial charge >= 0.3 is 0 Å². The van der Waals surface area contributed by atoms with Gasteiger partial charge in [-0.25, -0.2) is 9.66 Å². The van der Waals surface area contributed by atoms with E-state index >= 15 is 0 Å². The first kappa shape index (κ1) is 25.6. The summed E-state index contributed by atoms with van der Waals surface area (Å²) in [6.07, 6.45) is 0. The van der Waals surface area contributed by atoms with Gasteiger partial charge < -0.3 is 15.1 Å². The second-order valence-corrected chi connectivity index (χ2v) is 10.8. The molecule has 200 valence electrons. The van der Waals surface area contributed by atoms with Gasteiger partial charge in [-0.2, -0.15) is 4.68 Å². The highest BCUT2D eigenvalue weighted by Gasteiger charge is 2.25. The van der Waals surface area contributed by atoms with E-state index in [9.17, 15) is 14.4 Å². The summed E-state index contributed by atoms with van der Waals surface area (Å²) in [6, 6.07) is 13.7. The Labute approximate surface area is 235 Å². The third kappa shape index (κ3) is 4.61. The van der Waals surface area contributed by atoms with Crippen molar-refractivity contribution >= 4 is 67.3 Å². The third-order valence-electron chi connectivity index (χ3n) is 6.56. The number of hydrogen-bond acceptors (Lipinski definition) is 7. The number of fused-ring (bicyclic) bond motifs is 2. The highest BCUT2D eigenvalue weighted by Crippen LogP contribution is 2.27. The number of ether oxygens (including phenoxy) is 1. The van der Waals surface area contributed by atoms with Crippen molar-refractivity contribution in [2.75, 3.05) is 36.6 Å². The maximum absolute atomic E-state index is 14.0. The molecule has 1 aliphatic rings. The number of carbonyl (C=O) groups excluding carboxylic acids is 1. The Morgan fingerprint density at radius 1 is 1.08 bits per heavy atom. The molecule has 39 heavy (non-hydrogen) atoms. The molecule has 1 fully saturated rings. The van der Waals surface area contributed by atoms with Crippen LogP contribution in [-0.2, 0) is 16.1 Å². The topological polar surface area (TPSA) is 103 Å². The number of aromatic nitrogens is 4. The molecule has 0 spiro atoms. The van der Waals surface area contributed by atoms with Gasteiger partial charge in [-0.1, -0.05) is 46.7 Å². The average molecular weight is 585 g/mol. The van der Waals surface area contributed by atoms with Gasteiger partial charge in [-0.3, -0.25) is 19.1 Å². The maximum Gasteiger partial charge on any atom is 0.283 e. The van der Waals surface area contributed by atoms with Crippen molar-refractivity contribution in [2.24, 2.45) is 0 Å². The Balaban J connectivity index is 1.51. The van der Waals surface area contributed by atoms with Crippen LogP contribution < -0.4 is 21.4 Å². The first-order valence-corrected chi connectivity index (χ1v) is 13.7. The van der Waals surface area contributed by atoms with Crippen LogP contribution in [0, 0.1) is 6.92 Å². The van der Waals surface area contributed by atoms with Crippen LogP contribution in [0.4, 0.5) is 5.69 Å². The first-order chi connectivity index (χ1) is 18.8. The lowest BCUT2D eigenvalue weighted by Crippen LogP contribution is -2.49. The molecule has 13 heteroatoms. The second kappa shape index (κ2) is 10.2. The average Bonchev–Trinajstić information content (AvgIpc) is 3.45. The number of hydrogen-bond donors (Lipinski definition) is 1. The van der Waals surface area contributed by atoms with Gasteiger partial charge in [0, 0.05) is 11.8 Å². The number of nitrogens with zero attached hydrogens (tertiary/aromatic N) is 5. The van der Waals surface area contributed by atoms with Crippen molar-refractivity contribution < 1.29 is 9.53 Å². The summed E-state index contributed by atoms with van der Waals surface area (Å²) in [6.45, 7) is 3.49. The fourth-order valence-corrected chi connectivity index (χ4v) is 6.08. The van der Waals surface area contributed by atoms with E-state index in [2.05, 4.69) is 10.3 Å². The predicted octanol–water partition coefficient (Wildman–Crippen LogP) is 3.79. The monoisotopic (exact) mass is 584 g/mol. The molecule has 0 aliphatic carbocycles. The standard InChI is InChI=1S/C26H22Cl2N6O4S/c1-15-24-20(13-23(36)33(15)31-8-10-38-11-9-31)32(14-22(35)29-16-6-7-17(27)18(28)12-16)34(25(24)37)26-30-19-4-2-3-5-21(19)39-26/h2-7,12-13H,8-11,14H2,1H3,(H,29,35). The van der Waals surface area contributed by atoms with Gasteiger partial charge in [-0.05, 0) is 37.3 Å². The SMILES string of the molecule is Cc1c2c(=O)n(-c3nc4ccccc4s3)n(CC(=O)Nc3ccc(Cl)c(Cl)c3)c2cc(=O)n1N1CCOCC1. The number of benzene rings is 2. The van der Waals surface area contributed by atoms with Crippen LogP contribution in [-0.4, -0.2) is 51.2 Å². The summed E-state index contributed by atoms with van der Waals surface area (Å²) in [5, 5.41) is 6.05. The smallest absolute Gasteiger partial charge is 0.283 e. The summed E-state index contributed by atoms with van der Waals surface area (Å²) in [4.78, 5) is 45.3. The normalized spacial score (nSPS) is 13.9. The maximum atomic E-state index is 14.0. The summed E-state index contributed by atoms with van der Waals surface area (Å²) in [5.74, 6) is -0.421. The molecule has 3 aromatic heterocycles. The van der Waals surface area contributed by atoms with E-state index in [1.54, 1.807) is 25.1 Å². The van der Waals surface area contributed by atoms with Gasteiger partial charge in [0.1, 0.15) is 6.54 Å². The molecular weight excluding hydrogens is 563 g/mol. The zero-order valence-electron chi connectivity index (χ0n) is 20.7. The molecule has 1 aliphatic heterocycles. The van der Waals surface area contributed by atoms with E-state index in [0.29, 0.717) is 63.8 Å². The van der Waals surface area contributed by atoms with E-state index < -0.39 is 5.91 Å². The van der Waals surface area contributed by atoms with Crippen LogP contribution in [0.25, 0.3) is 26.3 Å². The van der Waals surface area contributed by atoms with E-state index in [1.165, 1.54) is 31.4 Å². The molecule has 0 atom stereocenters. The van der Waals surface area contributed by atoms with Crippen molar-refractivity contribution in [1.29, 1.82) is 0 Å². The number of rotatable bonds is 5. The number of morpholine rings is 1. The van der Waals surface area contributed by atoms with Crippen molar-refractivity contribution in [1.82, 2.24) is 19.0 Å². The number of nitrogens with one attached hydrogen (secondary N) is 1. The highest BCUT2D eigenvalue weighted by molar-refractivity contribution is 7.20. The number of para-hydroxylation sites is 1. The van der Waals surface area contributed by atoms with Gasteiger partial charge in [0.2, 0.25) is 11.0 Å². The number of pyridine rings is 1. The molecule has 0 saturated carbocycles. The molecular formula is C26H22Cl2N6O4S. The molecule has 10 nitrogen and oxygen atoms in total. The number of thiazole rings is 1. The number of anilines is 1. The zero-order chi connectivity index (χ0) is 27.3. The van der Waals surface area contributed by atoms with Crippen LogP contribution in [0.1, 0.15) is 5.69 Å². The minimum absolute atomic E-state index is 0.255. The second-order valence-electron chi connectivity index (χ2n) is 9.02. The first-order valence-electron chi connectivity index (χ1n) is 12.1. The van der Waals surface area contributed by atoms with Gasteiger partial charge in [0.05, 0.1) is 63.2 Å². The minimum Gasteiger partial charge on any atom is -0.378 e. The van der Waals surface area contributed by atoms with Crippen LogP contribution >= 0.6 is 34.5 Å². The van der Waals surface area contributed by atoms with Crippen molar-refractivity contribution in [3.8, 4) is 5.13 Å². The van der Waals surface area contributed by atoms with Crippen molar-refractivity contribution in [3.05, 3.63) is 85.0 Å². The number of aryl methyl sites for hydroxylation is 1. The summed E-state index contributed by atoms with van der Waals surface area (Å²) in [7, 11) is 0. The van der Waals surface area contributed by atoms with Crippen LogP contribution in [0.15, 0.2) is 58.1 Å². The molecule has 2 aromatic carbocycles. The lowest BCUT2D eigenvalue weighted by atomic mass is 10.2. The minimum atomic E-state index is -0.421. The number of amides is 1. The Morgan fingerprint density at radius 2 is 1.85 bits per heavy atom.